The van der Waals surface area contributed by atoms with E-state index in [1.54, 1.807) is 0 Å². The molecule has 48 heavy (non-hydrogen) atoms. The van der Waals surface area contributed by atoms with Crippen LogP contribution in [0, 0.1) is 6.57 Å². The molecule has 0 radical (unpaired) electrons. The summed E-state index contributed by atoms with van der Waals surface area (Å²) in [7, 11) is 0. The van der Waals surface area contributed by atoms with Crippen molar-refractivity contribution >= 4 is 16.5 Å². The third-order valence-electron chi connectivity index (χ3n) is 8.58. The van der Waals surface area contributed by atoms with Gasteiger partial charge in [0.05, 0.1) is 6.57 Å². The van der Waals surface area contributed by atoms with Gasteiger partial charge in [0.2, 0.25) is 0 Å². The largest absolute Gasteiger partial charge is 0.238 e. The van der Waals surface area contributed by atoms with Crippen molar-refractivity contribution in [1.82, 2.24) is 15.0 Å². The predicted octanol–water partition coefficient (Wildman–Crippen LogP) is 11.6. The van der Waals surface area contributed by atoms with Crippen LogP contribution in [0.4, 0.5) is 5.69 Å². The van der Waals surface area contributed by atoms with Crippen LogP contribution in [0.15, 0.2) is 170 Å². The zero-order chi connectivity index (χ0) is 32.3. The van der Waals surface area contributed by atoms with Crippen molar-refractivity contribution in [2.75, 3.05) is 0 Å². The van der Waals surface area contributed by atoms with Crippen molar-refractivity contribution in [1.29, 1.82) is 0 Å². The molecule has 0 N–H and O–H groups in total. The molecule has 8 rings (SSSR count). The van der Waals surface area contributed by atoms with Crippen molar-refractivity contribution in [2.24, 2.45) is 0 Å². The molecule has 0 saturated carbocycles. The topological polar surface area (TPSA) is 43.0 Å². The molecular weight excluding hydrogens is 585 g/mol. The molecule has 0 fully saturated rings. The van der Waals surface area contributed by atoms with Gasteiger partial charge in [-0.1, -0.05) is 164 Å². The molecule has 0 aliphatic heterocycles. The van der Waals surface area contributed by atoms with Gasteiger partial charge in [0, 0.05) is 16.7 Å². The molecule has 0 atom stereocenters. The van der Waals surface area contributed by atoms with Crippen molar-refractivity contribution in [3.63, 3.8) is 0 Å². The Bertz CT molecular complexity index is 2350. The summed E-state index contributed by atoms with van der Waals surface area (Å²) in [6, 6.07) is 58.0. The molecule has 1 aromatic heterocycles. The molecule has 0 aliphatic rings. The summed E-state index contributed by atoms with van der Waals surface area (Å²) in [6.45, 7) is 7.20. The number of hydrogen-bond donors (Lipinski definition) is 0. The first-order valence-corrected chi connectivity index (χ1v) is 15.8. The van der Waals surface area contributed by atoms with Crippen LogP contribution < -0.4 is 0 Å². The highest BCUT2D eigenvalue weighted by Crippen LogP contribution is 2.34. The Morgan fingerprint density at radius 3 is 1.33 bits per heavy atom. The Hall–Kier alpha value is -6.70. The summed E-state index contributed by atoms with van der Waals surface area (Å²) in [5.74, 6) is 1.94. The van der Waals surface area contributed by atoms with E-state index in [0.717, 1.165) is 44.5 Å². The van der Waals surface area contributed by atoms with Gasteiger partial charge in [-0.25, -0.2) is 19.8 Å². The van der Waals surface area contributed by atoms with Gasteiger partial charge in [-0.15, -0.1) is 0 Å². The Morgan fingerprint density at radius 2 is 0.792 bits per heavy atom. The van der Waals surface area contributed by atoms with Crippen LogP contribution in [-0.2, 0) is 0 Å². The number of aromatic nitrogens is 3. The number of hydrogen-bond acceptors (Lipinski definition) is 3. The highest BCUT2D eigenvalue weighted by Gasteiger charge is 2.13. The Morgan fingerprint density at radius 1 is 0.354 bits per heavy atom. The van der Waals surface area contributed by atoms with E-state index in [0.29, 0.717) is 23.2 Å². The number of nitrogens with zero attached hydrogens (tertiary/aromatic N) is 4. The monoisotopic (exact) mass is 612 g/mol. The van der Waals surface area contributed by atoms with Crippen LogP contribution in [-0.4, -0.2) is 15.0 Å². The fourth-order valence-electron chi connectivity index (χ4n) is 6.02. The van der Waals surface area contributed by atoms with Gasteiger partial charge in [0.15, 0.2) is 23.2 Å². The van der Waals surface area contributed by atoms with Crippen molar-refractivity contribution in [3.8, 4) is 67.5 Å². The maximum absolute atomic E-state index is 7.20. The van der Waals surface area contributed by atoms with Gasteiger partial charge in [-0.3, -0.25) is 0 Å². The van der Waals surface area contributed by atoms with Crippen molar-refractivity contribution in [2.45, 2.75) is 0 Å². The second-order valence-electron chi connectivity index (χ2n) is 11.6. The molecule has 4 heteroatoms. The average molecular weight is 613 g/mol. The lowest BCUT2D eigenvalue weighted by Crippen LogP contribution is -2.00. The maximum atomic E-state index is 7.20. The Kier molecular flexibility index (Phi) is 7.54. The molecular formula is C44H28N4. The molecule has 0 unspecified atom stereocenters. The summed E-state index contributed by atoms with van der Waals surface area (Å²) in [5.41, 5.74) is 10.3. The van der Waals surface area contributed by atoms with Gasteiger partial charge in [-0.2, -0.15) is 0 Å². The standard InChI is InChI=1S/C44H28N4/c1-45-39-27-25-31(26-28-39)30-15-17-32(18-16-30)38-24-21-33-13-8-14-40(41(33)29-38)34-19-22-37(23-20-34)44-47-42(35-9-4-2-5-10-35)46-43(48-44)36-11-6-3-7-12-36/h2-29H. The van der Waals surface area contributed by atoms with E-state index in [9.17, 15) is 0 Å². The zero-order valence-corrected chi connectivity index (χ0v) is 26.0. The third kappa shape index (κ3) is 5.73. The van der Waals surface area contributed by atoms with Crippen LogP contribution in [0.3, 0.4) is 0 Å². The fraction of sp³-hybridized carbons (Fsp3) is 0. The van der Waals surface area contributed by atoms with E-state index >= 15 is 0 Å². The first-order chi connectivity index (χ1) is 23.7. The Balaban J connectivity index is 1.13. The van der Waals surface area contributed by atoms with Gasteiger partial charge in [0.1, 0.15) is 0 Å². The van der Waals surface area contributed by atoms with E-state index in [2.05, 4.69) is 89.8 Å². The van der Waals surface area contributed by atoms with E-state index < -0.39 is 0 Å². The molecule has 224 valence electrons. The van der Waals surface area contributed by atoms with Gasteiger partial charge in [0.25, 0.3) is 0 Å². The SMILES string of the molecule is [C-]#[N+]c1ccc(-c2ccc(-c3ccc4cccc(-c5ccc(-c6nc(-c7ccccc7)nc(-c7ccccc7)n6)cc5)c4c3)cc2)cc1. The summed E-state index contributed by atoms with van der Waals surface area (Å²) in [5, 5.41) is 2.38. The second kappa shape index (κ2) is 12.6. The highest BCUT2D eigenvalue weighted by molar-refractivity contribution is 5.99. The first-order valence-electron chi connectivity index (χ1n) is 15.8. The smallest absolute Gasteiger partial charge is 0.187 e. The van der Waals surface area contributed by atoms with Crippen LogP contribution in [0.25, 0.3) is 83.2 Å². The molecule has 0 amide bonds. The molecule has 8 aromatic rings. The van der Waals surface area contributed by atoms with Crippen molar-refractivity contribution in [3.05, 3.63) is 181 Å². The first kappa shape index (κ1) is 28.8. The minimum Gasteiger partial charge on any atom is -0.238 e. The summed E-state index contributed by atoms with van der Waals surface area (Å²) in [6.07, 6.45) is 0. The van der Waals surface area contributed by atoms with Crippen molar-refractivity contribution < 1.29 is 0 Å². The Labute approximate surface area is 279 Å². The van der Waals surface area contributed by atoms with E-state index in [1.807, 2.05) is 84.9 Å². The summed E-state index contributed by atoms with van der Waals surface area (Å²) >= 11 is 0. The minimum absolute atomic E-state index is 0.639. The van der Waals surface area contributed by atoms with Gasteiger partial charge >= 0.3 is 0 Å². The number of fused-ring (bicyclic) bond motifs is 1. The summed E-state index contributed by atoms with van der Waals surface area (Å²) < 4.78 is 0. The molecule has 0 spiro atoms. The molecule has 0 saturated heterocycles. The minimum atomic E-state index is 0.639. The zero-order valence-electron chi connectivity index (χ0n) is 26.0. The van der Waals surface area contributed by atoms with Crippen LogP contribution in [0.2, 0.25) is 0 Å². The maximum Gasteiger partial charge on any atom is 0.187 e. The molecule has 1 heterocycles. The van der Waals surface area contributed by atoms with E-state index in [-0.39, 0.29) is 0 Å². The second-order valence-corrected chi connectivity index (χ2v) is 11.6. The lowest BCUT2D eigenvalue weighted by molar-refractivity contribution is 1.07. The number of rotatable bonds is 6. The lowest BCUT2D eigenvalue weighted by Gasteiger charge is -2.11. The fourth-order valence-corrected chi connectivity index (χ4v) is 6.02. The van der Waals surface area contributed by atoms with Crippen LogP contribution in [0.1, 0.15) is 0 Å². The highest BCUT2D eigenvalue weighted by atomic mass is 15.0. The molecule has 0 aliphatic carbocycles. The van der Waals surface area contributed by atoms with Gasteiger partial charge < -0.3 is 0 Å². The van der Waals surface area contributed by atoms with Crippen LogP contribution >= 0.6 is 0 Å². The quantitative estimate of drug-likeness (QED) is 0.175. The average Bonchev–Trinajstić information content (AvgIpc) is 3.18. The third-order valence-corrected chi connectivity index (χ3v) is 8.58. The van der Waals surface area contributed by atoms with Gasteiger partial charge in [-0.05, 0) is 50.2 Å². The molecule has 0 bridgehead atoms. The van der Waals surface area contributed by atoms with E-state index in [4.69, 9.17) is 21.5 Å². The summed E-state index contributed by atoms with van der Waals surface area (Å²) in [4.78, 5) is 18.1. The molecule has 4 nitrogen and oxygen atoms in total. The van der Waals surface area contributed by atoms with Crippen LogP contribution in [0.5, 0.6) is 0 Å². The molecule has 7 aromatic carbocycles. The normalized spacial score (nSPS) is 10.9. The predicted molar refractivity (Wildman–Crippen MR) is 196 cm³/mol. The number of benzene rings is 7. The lowest BCUT2D eigenvalue weighted by atomic mass is 9.93. The van der Waals surface area contributed by atoms with E-state index in [1.165, 1.54) is 16.3 Å².